The standard InChI is InChI=1S/C11H8BrN3OS/c1-2-10(16)15-7-5-13-11(14-6-7)8-3-4-9(12)17-8/h2-6H,1H2,(H,15,16). The molecule has 0 bridgehead atoms. The smallest absolute Gasteiger partial charge is 0.247 e. The van der Waals surface area contributed by atoms with Crippen molar-refractivity contribution in [1.82, 2.24) is 9.97 Å². The quantitative estimate of drug-likeness (QED) is 0.886. The minimum absolute atomic E-state index is 0.278. The minimum atomic E-state index is -0.278. The van der Waals surface area contributed by atoms with Crippen LogP contribution >= 0.6 is 27.3 Å². The fourth-order valence-corrected chi connectivity index (χ4v) is 2.48. The number of rotatable bonds is 3. The van der Waals surface area contributed by atoms with E-state index in [-0.39, 0.29) is 5.91 Å². The van der Waals surface area contributed by atoms with Gasteiger partial charge in [-0.25, -0.2) is 9.97 Å². The third kappa shape index (κ3) is 2.98. The molecule has 2 aromatic heterocycles. The van der Waals surface area contributed by atoms with E-state index in [1.54, 1.807) is 23.7 Å². The zero-order valence-electron chi connectivity index (χ0n) is 8.68. The first kappa shape index (κ1) is 11.9. The Balaban J connectivity index is 2.18. The van der Waals surface area contributed by atoms with Gasteiger partial charge in [0.05, 0.1) is 26.7 Å². The van der Waals surface area contributed by atoms with Crippen LogP contribution in [0.15, 0.2) is 41.0 Å². The van der Waals surface area contributed by atoms with Crippen molar-refractivity contribution in [2.45, 2.75) is 0 Å². The van der Waals surface area contributed by atoms with Gasteiger partial charge in [0.15, 0.2) is 5.82 Å². The molecule has 0 aliphatic heterocycles. The van der Waals surface area contributed by atoms with Gasteiger partial charge in [0.2, 0.25) is 5.91 Å². The van der Waals surface area contributed by atoms with Gasteiger partial charge >= 0.3 is 0 Å². The van der Waals surface area contributed by atoms with E-state index in [2.05, 4.69) is 37.8 Å². The van der Waals surface area contributed by atoms with Crippen LogP contribution in [0.5, 0.6) is 0 Å². The number of hydrogen-bond donors (Lipinski definition) is 1. The molecule has 0 unspecified atom stereocenters. The number of halogens is 1. The average Bonchev–Trinajstić information content (AvgIpc) is 2.77. The SMILES string of the molecule is C=CC(=O)Nc1cnc(-c2ccc(Br)s2)nc1. The molecule has 6 heteroatoms. The first-order chi connectivity index (χ1) is 8.19. The lowest BCUT2D eigenvalue weighted by Gasteiger charge is -2.01. The summed E-state index contributed by atoms with van der Waals surface area (Å²) in [6, 6.07) is 3.88. The molecule has 0 saturated heterocycles. The van der Waals surface area contributed by atoms with Gasteiger partial charge in [0, 0.05) is 0 Å². The highest BCUT2D eigenvalue weighted by atomic mass is 79.9. The summed E-state index contributed by atoms with van der Waals surface area (Å²) in [4.78, 5) is 20.4. The number of aromatic nitrogens is 2. The molecule has 86 valence electrons. The van der Waals surface area contributed by atoms with Gasteiger partial charge in [-0.05, 0) is 34.1 Å². The fraction of sp³-hybridized carbons (Fsp3) is 0. The second-order valence-electron chi connectivity index (χ2n) is 3.09. The molecule has 0 fully saturated rings. The zero-order valence-corrected chi connectivity index (χ0v) is 11.1. The summed E-state index contributed by atoms with van der Waals surface area (Å²) in [6.07, 6.45) is 4.33. The van der Waals surface area contributed by atoms with Crippen LogP contribution in [-0.4, -0.2) is 15.9 Å². The molecule has 0 aliphatic rings. The van der Waals surface area contributed by atoms with Gasteiger partial charge in [0.25, 0.3) is 0 Å². The highest BCUT2D eigenvalue weighted by molar-refractivity contribution is 9.11. The Bertz CT molecular complexity index is 550. The van der Waals surface area contributed by atoms with E-state index in [0.717, 1.165) is 8.66 Å². The lowest BCUT2D eigenvalue weighted by molar-refractivity contribution is -0.111. The number of carbonyl (C=O) groups is 1. The number of thiophene rings is 1. The Morgan fingerprint density at radius 2 is 2.12 bits per heavy atom. The van der Waals surface area contributed by atoms with Crippen LogP contribution in [0.2, 0.25) is 0 Å². The normalized spacial score (nSPS) is 9.94. The van der Waals surface area contributed by atoms with Gasteiger partial charge in [-0.3, -0.25) is 4.79 Å². The van der Waals surface area contributed by atoms with Gasteiger partial charge in [-0.2, -0.15) is 0 Å². The maximum atomic E-state index is 11.1. The number of nitrogens with one attached hydrogen (secondary N) is 1. The predicted octanol–water partition coefficient (Wildman–Crippen LogP) is 3.09. The first-order valence-electron chi connectivity index (χ1n) is 4.70. The Morgan fingerprint density at radius 3 is 2.65 bits per heavy atom. The van der Waals surface area contributed by atoms with Crippen molar-refractivity contribution >= 4 is 38.9 Å². The lowest BCUT2D eigenvalue weighted by Crippen LogP contribution is -2.07. The van der Waals surface area contributed by atoms with E-state index < -0.39 is 0 Å². The van der Waals surface area contributed by atoms with Crippen molar-refractivity contribution in [1.29, 1.82) is 0 Å². The largest absolute Gasteiger partial charge is 0.320 e. The Hall–Kier alpha value is -1.53. The van der Waals surface area contributed by atoms with Gasteiger partial charge in [-0.15, -0.1) is 11.3 Å². The Morgan fingerprint density at radius 1 is 1.41 bits per heavy atom. The summed E-state index contributed by atoms with van der Waals surface area (Å²) in [5.41, 5.74) is 0.550. The number of hydrogen-bond acceptors (Lipinski definition) is 4. The van der Waals surface area contributed by atoms with Crippen LogP contribution in [0.3, 0.4) is 0 Å². The summed E-state index contributed by atoms with van der Waals surface area (Å²) in [5.74, 6) is 0.359. The maximum Gasteiger partial charge on any atom is 0.247 e. The molecule has 0 spiro atoms. The van der Waals surface area contributed by atoms with Crippen molar-refractivity contribution in [2.24, 2.45) is 0 Å². The van der Waals surface area contributed by atoms with Gasteiger partial charge < -0.3 is 5.32 Å². The highest BCUT2D eigenvalue weighted by Crippen LogP contribution is 2.28. The van der Waals surface area contributed by atoms with E-state index in [0.29, 0.717) is 11.5 Å². The van der Waals surface area contributed by atoms with Crippen molar-refractivity contribution in [2.75, 3.05) is 5.32 Å². The van der Waals surface area contributed by atoms with Crippen LogP contribution in [0.4, 0.5) is 5.69 Å². The molecular weight excluding hydrogens is 302 g/mol. The summed E-state index contributed by atoms with van der Waals surface area (Å²) in [6.45, 7) is 3.37. The van der Waals surface area contributed by atoms with Crippen molar-refractivity contribution in [3.05, 3.63) is 41.0 Å². The third-order valence-corrected chi connectivity index (χ3v) is 3.52. The second kappa shape index (κ2) is 5.20. The number of nitrogens with zero attached hydrogens (tertiary/aromatic N) is 2. The topological polar surface area (TPSA) is 54.9 Å². The number of anilines is 1. The van der Waals surface area contributed by atoms with Crippen LogP contribution in [0.1, 0.15) is 0 Å². The molecule has 0 aromatic carbocycles. The van der Waals surface area contributed by atoms with Gasteiger partial charge in [0.1, 0.15) is 0 Å². The molecule has 1 N–H and O–H groups in total. The number of amides is 1. The van der Waals surface area contributed by atoms with Crippen LogP contribution in [0, 0.1) is 0 Å². The molecule has 0 atom stereocenters. The average molecular weight is 310 g/mol. The van der Waals surface area contributed by atoms with E-state index in [1.807, 2.05) is 12.1 Å². The molecule has 17 heavy (non-hydrogen) atoms. The predicted molar refractivity (Wildman–Crippen MR) is 71.9 cm³/mol. The third-order valence-electron chi connectivity index (χ3n) is 1.90. The van der Waals surface area contributed by atoms with E-state index in [9.17, 15) is 4.79 Å². The molecular formula is C11H8BrN3OS. The molecule has 2 aromatic rings. The van der Waals surface area contributed by atoms with E-state index >= 15 is 0 Å². The summed E-state index contributed by atoms with van der Waals surface area (Å²) >= 11 is 4.93. The van der Waals surface area contributed by atoms with E-state index in [1.165, 1.54) is 6.08 Å². The van der Waals surface area contributed by atoms with Crippen molar-refractivity contribution in [3.8, 4) is 10.7 Å². The maximum absolute atomic E-state index is 11.1. The summed E-state index contributed by atoms with van der Waals surface area (Å²) < 4.78 is 1.03. The molecule has 1 amide bonds. The molecule has 0 saturated carbocycles. The van der Waals surface area contributed by atoms with Crippen LogP contribution < -0.4 is 5.32 Å². The molecule has 0 radical (unpaired) electrons. The molecule has 2 rings (SSSR count). The molecule has 2 heterocycles. The van der Waals surface area contributed by atoms with Crippen LogP contribution in [-0.2, 0) is 4.79 Å². The van der Waals surface area contributed by atoms with Crippen LogP contribution in [0.25, 0.3) is 10.7 Å². The van der Waals surface area contributed by atoms with Crippen molar-refractivity contribution < 1.29 is 4.79 Å². The molecule has 4 nitrogen and oxygen atoms in total. The van der Waals surface area contributed by atoms with E-state index in [4.69, 9.17) is 0 Å². The summed E-state index contributed by atoms with van der Waals surface area (Å²) in [7, 11) is 0. The minimum Gasteiger partial charge on any atom is -0.320 e. The Kier molecular flexibility index (Phi) is 3.65. The lowest BCUT2D eigenvalue weighted by atomic mass is 10.4. The zero-order chi connectivity index (χ0) is 12.3. The first-order valence-corrected chi connectivity index (χ1v) is 6.31. The molecule has 0 aliphatic carbocycles. The highest BCUT2D eigenvalue weighted by Gasteiger charge is 2.05. The second-order valence-corrected chi connectivity index (χ2v) is 5.56. The fourth-order valence-electron chi connectivity index (χ4n) is 1.15. The summed E-state index contributed by atoms with van der Waals surface area (Å²) in [5, 5.41) is 2.59. The van der Waals surface area contributed by atoms with Gasteiger partial charge in [-0.1, -0.05) is 6.58 Å². The number of carbonyl (C=O) groups excluding carboxylic acids is 1. The monoisotopic (exact) mass is 309 g/mol. The van der Waals surface area contributed by atoms with Crippen molar-refractivity contribution in [3.63, 3.8) is 0 Å². The Labute approximate surface area is 111 Å².